The number of nitrogens with one attached hydrogen (secondary N) is 1. The molecule has 2 N–H and O–H groups in total. The van der Waals surface area contributed by atoms with Crippen LogP contribution in [0.25, 0.3) is 0 Å². The molecule has 0 spiro atoms. The number of nitro benzene ring substituents is 1. The van der Waals surface area contributed by atoms with Crippen LogP contribution < -0.4 is 5.32 Å². The van der Waals surface area contributed by atoms with Gasteiger partial charge in [-0.15, -0.1) is 0 Å². The van der Waals surface area contributed by atoms with Crippen molar-refractivity contribution >= 4 is 5.69 Å². The zero-order valence-electron chi connectivity index (χ0n) is 9.43. The van der Waals surface area contributed by atoms with Crippen molar-refractivity contribution in [2.24, 2.45) is 0 Å². The van der Waals surface area contributed by atoms with Crippen molar-refractivity contribution in [3.63, 3.8) is 0 Å². The zero-order chi connectivity index (χ0) is 12.1. The molecule has 0 aliphatic heterocycles. The third kappa shape index (κ3) is 3.01. The summed E-state index contributed by atoms with van der Waals surface area (Å²) in [6.07, 6.45) is 0. The van der Waals surface area contributed by atoms with Gasteiger partial charge in [0.1, 0.15) is 0 Å². The number of aryl methyl sites for hydroxylation is 1. The summed E-state index contributed by atoms with van der Waals surface area (Å²) in [7, 11) is 0. The summed E-state index contributed by atoms with van der Waals surface area (Å²) in [5.74, 6) is 0. The number of rotatable bonds is 5. The molecule has 0 saturated heterocycles. The molecule has 0 fully saturated rings. The number of aliphatic hydroxyl groups excluding tert-OH is 1. The summed E-state index contributed by atoms with van der Waals surface area (Å²) in [6, 6.07) is 5.17. The van der Waals surface area contributed by atoms with Crippen molar-refractivity contribution < 1.29 is 10.0 Å². The van der Waals surface area contributed by atoms with E-state index >= 15 is 0 Å². The van der Waals surface area contributed by atoms with Crippen LogP contribution in [-0.4, -0.2) is 23.2 Å². The van der Waals surface area contributed by atoms with Crippen LogP contribution in [0.3, 0.4) is 0 Å². The Hall–Kier alpha value is -1.46. The molecule has 88 valence electrons. The second-order valence-electron chi connectivity index (χ2n) is 3.70. The molecule has 0 aromatic heterocycles. The summed E-state index contributed by atoms with van der Waals surface area (Å²) < 4.78 is 0. The predicted octanol–water partition coefficient (Wildman–Crippen LogP) is 1.55. The first-order chi connectivity index (χ1) is 7.56. The number of hydrogen-bond donors (Lipinski definition) is 2. The van der Waals surface area contributed by atoms with E-state index in [0.29, 0.717) is 12.1 Å². The topological polar surface area (TPSA) is 75.4 Å². The minimum absolute atomic E-state index is 0.00792. The monoisotopic (exact) mass is 224 g/mol. The normalized spacial score (nSPS) is 12.4. The van der Waals surface area contributed by atoms with E-state index in [9.17, 15) is 10.1 Å². The molecule has 1 unspecified atom stereocenters. The fourth-order valence-corrected chi connectivity index (χ4v) is 1.49. The Balaban J connectivity index is 2.89. The van der Waals surface area contributed by atoms with E-state index in [2.05, 4.69) is 5.32 Å². The van der Waals surface area contributed by atoms with E-state index in [1.807, 2.05) is 13.0 Å². The largest absolute Gasteiger partial charge is 0.395 e. The SMILES string of the molecule is Cc1ccc(C(C)NCCO)cc1[N+](=O)[O-]. The molecule has 5 heteroatoms. The Labute approximate surface area is 94.3 Å². The van der Waals surface area contributed by atoms with Crippen molar-refractivity contribution in [2.75, 3.05) is 13.2 Å². The van der Waals surface area contributed by atoms with Gasteiger partial charge in [0, 0.05) is 24.2 Å². The maximum Gasteiger partial charge on any atom is 0.272 e. The van der Waals surface area contributed by atoms with Crippen LogP contribution in [0.15, 0.2) is 18.2 Å². The van der Waals surface area contributed by atoms with Crippen LogP contribution in [0.4, 0.5) is 5.69 Å². The summed E-state index contributed by atoms with van der Waals surface area (Å²) >= 11 is 0. The lowest BCUT2D eigenvalue weighted by molar-refractivity contribution is -0.385. The lowest BCUT2D eigenvalue weighted by Gasteiger charge is -2.13. The highest BCUT2D eigenvalue weighted by atomic mass is 16.6. The average molecular weight is 224 g/mol. The maximum atomic E-state index is 10.8. The Morgan fingerprint density at radius 2 is 2.25 bits per heavy atom. The predicted molar refractivity (Wildman–Crippen MR) is 61.3 cm³/mol. The molecule has 1 aromatic rings. The molecule has 5 nitrogen and oxygen atoms in total. The van der Waals surface area contributed by atoms with E-state index < -0.39 is 0 Å². The molecular weight excluding hydrogens is 208 g/mol. The van der Waals surface area contributed by atoms with Crippen molar-refractivity contribution in [2.45, 2.75) is 19.9 Å². The average Bonchev–Trinajstić information content (AvgIpc) is 2.26. The van der Waals surface area contributed by atoms with Crippen molar-refractivity contribution in [3.8, 4) is 0 Å². The minimum atomic E-state index is -0.377. The van der Waals surface area contributed by atoms with Crippen molar-refractivity contribution in [1.82, 2.24) is 5.32 Å². The number of benzene rings is 1. The highest BCUT2D eigenvalue weighted by Gasteiger charge is 2.13. The molecule has 1 aromatic carbocycles. The van der Waals surface area contributed by atoms with Crippen LogP contribution in [0.2, 0.25) is 0 Å². The van der Waals surface area contributed by atoms with Gasteiger partial charge >= 0.3 is 0 Å². The smallest absolute Gasteiger partial charge is 0.272 e. The molecule has 0 amide bonds. The van der Waals surface area contributed by atoms with E-state index in [1.165, 1.54) is 0 Å². The highest BCUT2D eigenvalue weighted by Crippen LogP contribution is 2.22. The van der Waals surface area contributed by atoms with Gasteiger partial charge in [-0.2, -0.15) is 0 Å². The molecule has 0 radical (unpaired) electrons. The number of nitrogens with zero attached hydrogens (tertiary/aromatic N) is 1. The van der Waals surface area contributed by atoms with Crippen LogP contribution >= 0.6 is 0 Å². The standard InChI is InChI=1S/C11H16N2O3/c1-8-3-4-10(7-11(8)13(15)16)9(2)12-5-6-14/h3-4,7,9,12,14H,5-6H2,1-2H3. The lowest BCUT2D eigenvalue weighted by Crippen LogP contribution is -2.22. The van der Waals surface area contributed by atoms with Gasteiger partial charge in [0.15, 0.2) is 0 Å². The molecule has 1 rings (SSSR count). The second-order valence-corrected chi connectivity index (χ2v) is 3.70. The van der Waals surface area contributed by atoms with E-state index in [1.54, 1.807) is 19.1 Å². The molecule has 0 heterocycles. The van der Waals surface area contributed by atoms with Gasteiger partial charge in [0.05, 0.1) is 11.5 Å². The van der Waals surface area contributed by atoms with Gasteiger partial charge in [-0.25, -0.2) is 0 Å². The van der Waals surface area contributed by atoms with Gasteiger partial charge in [-0.05, 0) is 19.4 Å². The minimum Gasteiger partial charge on any atom is -0.395 e. The van der Waals surface area contributed by atoms with Crippen LogP contribution in [0.5, 0.6) is 0 Å². The van der Waals surface area contributed by atoms with Gasteiger partial charge < -0.3 is 10.4 Å². The van der Waals surface area contributed by atoms with Crippen LogP contribution in [-0.2, 0) is 0 Å². The number of hydrogen-bond acceptors (Lipinski definition) is 4. The number of aliphatic hydroxyl groups is 1. The zero-order valence-corrected chi connectivity index (χ0v) is 9.43. The molecule has 1 atom stereocenters. The summed E-state index contributed by atoms with van der Waals surface area (Å²) in [6.45, 7) is 4.15. The first kappa shape index (κ1) is 12.6. The first-order valence-electron chi connectivity index (χ1n) is 5.15. The van der Waals surface area contributed by atoms with Gasteiger partial charge in [0.2, 0.25) is 0 Å². The van der Waals surface area contributed by atoms with Crippen LogP contribution in [0.1, 0.15) is 24.1 Å². The maximum absolute atomic E-state index is 10.8. The molecule has 0 saturated carbocycles. The fraction of sp³-hybridized carbons (Fsp3) is 0.455. The summed E-state index contributed by atoms with van der Waals surface area (Å²) in [4.78, 5) is 10.4. The Kier molecular flexibility index (Phi) is 4.39. The fourth-order valence-electron chi connectivity index (χ4n) is 1.49. The van der Waals surface area contributed by atoms with Crippen molar-refractivity contribution in [3.05, 3.63) is 39.4 Å². The summed E-state index contributed by atoms with van der Waals surface area (Å²) in [5.41, 5.74) is 1.64. The molecule has 16 heavy (non-hydrogen) atoms. The lowest BCUT2D eigenvalue weighted by atomic mass is 10.0. The van der Waals surface area contributed by atoms with E-state index in [0.717, 1.165) is 5.56 Å². The van der Waals surface area contributed by atoms with Crippen LogP contribution in [0, 0.1) is 17.0 Å². The first-order valence-corrected chi connectivity index (χ1v) is 5.15. The van der Waals surface area contributed by atoms with Gasteiger partial charge in [-0.1, -0.05) is 12.1 Å². The third-order valence-electron chi connectivity index (χ3n) is 2.49. The third-order valence-corrected chi connectivity index (χ3v) is 2.49. The van der Waals surface area contributed by atoms with E-state index in [-0.39, 0.29) is 23.3 Å². The molecule has 0 aliphatic carbocycles. The highest BCUT2D eigenvalue weighted by molar-refractivity contribution is 5.43. The molecular formula is C11H16N2O3. The second kappa shape index (κ2) is 5.58. The Morgan fingerprint density at radius 1 is 1.56 bits per heavy atom. The van der Waals surface area contributed by atoms with Gasteiger partial charge in [-0.3, -0.25) is 10.1 Å². The number of nitro groups is 1. The van der Waals surface area contributed by atoms with Crippen molar-refractivity contribution in [1.29, 1.82) is 0 Å². The molecule has 0 aliphatic rings. The summed E-state index contributed by atoms with van der Waals surface area (Å²) in [5, 5.41) is 22.5. The Bertz CT molecular complexity index is 379. The van der Waals surface area contributed by atoms with Gasteiger partial charge in [0.25, 0.3) is 5.69 Å². The molecule has 0 bridgehead atoms. The quantitative estimate of drug-likeness (QED) is 0.587. The van der Waals surface area contributed by atoms with E-state index in [4.69, 9.17) is 5.11 Å². The Morgan fingerprint density at radius 3 is 2.81 bits per heavy atom.